The van der Waals surface area contributed by atoms with Crippen LogP contribution < -0.4 is 0 Å². The molecule has 2 unspecified atom stereocenters. The first-order chi connectivity index (χ1) is 9.99. The number of hydrogen-bond acceptors (Lipinski definition) is 4. The molecular formula is C16H25NO3S. The summed E-state index contributed by atoms with van der Waals surface area (Å²) < 4.78 is 23.8. The Morgan fingerprint density at radius 3 is 2.24 bits per heavy atom. The Balaban J connectivity index is 2.28. The van der Waals surface area contributed by atoms with Gasteiger partial charge in [-0.05, 0) is 49.5 Å². The molecular weight excluding hydrogens is 286 g/mol. The van der Waals surface area contributed by atoms with Gasteiger partial charge < -0.3 is 5.11 Å². The molecule has 0 saturated carbocycles. The van der Waals surface area contributed by atoms with E-state index in [0.717, 1.165) is 18.7 Å². The summed E-state index contributed by atoms with van der Waals surface area (Å²) in [4.78, 5) is 2.77. The van der Waals surface area contributed by atoms with Crippen molar-refractivity contribution in [3.63, 3.8) is 0 Å². The van der Waals surface area contributed by atoms with Crippen molar-refractivity contribution in [1.82, 2.24) is 4.90 Å². The van der Waals surface area contributed by atoms with E-state index in [1.54, 1.807) is 19.1 Å². The van der Waals surface area contributed by atoms with Crippen molar-refractivity contribution in [1.29, 1.82) is 0 Å². The zero-order valence-electron chi connectivity index (χ0n) is 12.8. The summed E-state index contributed by atoms with van der Waals surface area (Å²) in [6, 6.07) is 7.36. The summed E-state index contributed by atoms with van der Waals surface area (Å²) in [6.07, 6.45) is 2.38. The van der Waals surface area contributed by atoms with E-state index in [9.17, 15) is 13.5 Å². The average Bonchev–Trinajstić information content (AvgIpc) is 3.01. The molecule has 1 aliphatic rings. The molecule has 5 heteroatoms. The second-order valence-corrected chi connectivity index (χ2v) is 8.10. The first-order valence-electron chi connectivity index (χ1n) is 7.67. The third-order valence-corrected chi connectivity index (χ3v) is 6.07. The van der Waals surface area contributed by atoms with E-state index in [0.29, 0.717) is 4.90 Å². The number of hydrogen-bond donors (Lipinski definition) is 1. The van der Waals surface area contributed by atoms with E-state index in [2.05, 4.69) is 4.90 Å². The Hall–Kier alpha value is -0.910. The zero-order valence-corrected chi connectivity index (χ0v) is 13.6. The van der Waals surface area contributed by atoms with Gasteiger partial charge in [-0.1, -0.05) is 26.0 Å². The number of aliphatic hydroxyl groups is 1. The molecule has 21 heavy (non-hydrogen) atoms. The zero-order chi connectivity index (χ0) is 15.5. The van der Waals surface area contributed by atoms with Crippen LogP contribution in [0.2, 0.25) is 0 Å². The molecule has 1 N–H and O–H groups in total. The first kappa shape index (κ1) is 16.5. The molecule has 118 valence electrons. The molecule has 0 amide bonds. The van der Waals surface area contributed by atoms with Gasteiger partial charge in [-0.3, -0.25) is 4.90 Å². The van der Waals surface area contributed by atoms with E-state index in [4.69, 9.17) is 0 Å². The predicted octanol–water partition coefficient (Wildman–Crippen LogP) is 2.25. The number of nitrogens with zero attached hydrogens (tertiary/aromatic N) is 1. The van der Waals surface area contributed by atoms with E-state index >= 15 is 0 Å². The lowest BCUT2D eigenvalue weighted by Crippen LogP contribution is -2.32. The van der Waals surface area contributed by atoms with Crippen molar-refractivity contribution >= 4 is 9.84 Å². The molecule has 1 fully saturated rings. The Bertz CT molecular complexity index is 547. The number of benzene rings is 1. The fourth-order valence-corrected chi connectivity index (χ4v) is 3.94. The van der Waals surface area contributed by atoms with Crippen molar-refractivity contribution in [2.45, 2.75) is 37.6 Å². The van der Waals surface area contributed by atoms with Crippen LogP contribution in [-0.4, -0.2) is 43.9 Å². The highest BCUT2D eigenvalue weighted by Crippen LogP contribution is 2.32. The monoisotopic (exact) mass is 311 g/mol. The van der Waals surface area contributed by atoms with Crippen LogP contribution >= 0.6 is 0 Å². The average molecular weight is 311 g/mol. The highest BCUT2D eigenvalue weighted by atomic mass is 32.2. The lowest BCUT2D eigenvalue weighted by atomic mass is 9.94. The van der Waals surface area contributed by atoms with Crippen molar-refractivity contribution in [3.05, 3.63) is 29.8 Å². The van der Waals surface area contributed by atoms with Gasteiger partial charge in [0.2, 0.25) is 0 Å². The highest BCUT2D eigenvalue weighted by Gasteiger charge is 2.28. The third kappa shape index (κ3) is 3.65. The molecule has 1 heterocycles. The Kier molecular flexibility index (Phi) is 5.41. The standard InChI is InChI=1S/C16H25NO3S/c1-3-21(19,20)15-8-6-14(7-9-15)16(13(2)12-18)17-10-4-5-11-17/h6-9,13,16,18H,3-5,10-12H2,1-2H3. The number of aliphatic hydroxyl groups excluding tert-OH is 1. The quantitative estimate of drug-likeness (QED) is 0.875. The van der Waals surface area contributed by atoms with Crippen molar-refractivity contribution in [2.24, 2.45) is 5.92 Å². The topological polar surface area (TPSA) is 57.6 Å². The van der Waals surface area contributed by atoms with Gasteiger partial charge in [0, 0.05) is 12.6 Å². The normalized spacial score (nSPS) is 19.6. The van der Waals surface area contributed by atoms with Crippen LogP contribution in [0.4, 0.5) is 0 Å². The Morgan fingerprint density at radius 2 is 1.76 bits per heavy atom. The highest BCUT2D eigenvalue weighted by molar-refractivity contribution is 7.91. The van der Waals surface area contributed by atoms with Crippen molar-refractivity contribution in [3.8, 4) is 0 Å². The van der Waals surface area contributed by atoms with Crippen LogP contribution in [0.5, 0.6) is 0 Å². The van der Waals surface area contributed by atoms with Gasteiger partial charge in [0.05, 0.1) is 10.6 Å². The van der Waals surface area contributed by atoms with Crippen LogP contribution in [0.25, 0.3) is 0 Å². The van der Waals surface area contributed by atoms with Crippen LogP contribution in [0.15, 0.2) is 29.2 Å². The SMILES string of the molecule is CCS(=O)(=O)c1ccc(C(C(C)CO)N2CCCC2)cc1. The third-order valence-electron chi connectivity index (χ3n) is 4.32. The molecule has 1 saturated heterocycles. The fourth-order valence-electron chi connectivity index (χ4n) is 3.06. The summed E-state index contributed by atoms with van der Waals surface area (Å²) in [5.74, 6) is 0.256. The predicted molar refractivity (Wildman–Crippen MR) is 84.0 cm³/mol. The summed E-state index contributed by atoms with van der Waals surface area (Å²) in [5.41, 5.74) is 1.09. The van der Waals surface area contributed by atoms with Gasteiger partial charge in [-0.25, -0.2) is 8.42 Å². The van der Waals surface area contributed by atoms with Gasteiger partial charge >= 0.3 is 0 Å². The Labute approximate surface area is 127 Å². The fraction of sp³-hybridized carbons (Fsp3) is 0.625. The molecule has 0 aromatic heterocycles. The van der Waals surface area contributed by atoms with Crippen LogP contribution in [-0.2, 0) is 9.84 Å². The second kappa shape index (κ2) is 6.90. The lowest BCUT2D eigenvalue weighted by molar-refractivity contribution is 0.126. The number of sulfone groups is 1. The van der Waals surface area contributed by atoms with Crippen molar-refractivity contribution in [2.75, 3.05) is 25.4 Å². The van der Waals surface area contributed by atoms with Crippen LogP contribution in [0.3, 0.4) is 0 Å². The number of likely N-dealkylation sites (tertiary alicyclic amines) is 1. The van der Waals surface area contributed by atoms with E-state index in [1.165, 1.54) is 12.8 Å². The van der Waals surface area contributed by atoms with E-state index in [1.807, 2.05) is 19.1 Å². The molecule has 1 aliphatic heterocycles. The minimum Gasteiger partial charge on any atom is -0.396 e. The number of rotatable bonds is 6. The van der Waals surface area contributed by atoms with E-state index < -0.39 is 9.84 Å². The molecule has 0 radical (unpaired) electrons. The molecule has 0 aliphatic carbocycles. The summed E-state index contributed by atoms with van der Waals surface area (Å²) in [6.45, 7) is 5.92. The molecule has 2 atom stereocenters. The summed E-state index contributed by atoms with van der Waals surface area (Å²) in [7, 11) is -3.15. The molecule has 0 bridgehead atoms. The minimum atomic E-state index is -3.15. The largest absolute Gasteiger partial charge is 0.396 e. The molecule has 0 spiro atoms. The first-order valence-corrected chi connectivity index (χ1v) is 9.32. The smallest absolute Gasteiger partial charge is 0.178 e. The maximum atomic E-state index is 11.9. The van der Waals surface area contributed by atoms with Gasteiger partial charge in [-0.2, -0.15) is 0 Å². The van der Waals surface area contributed by atoms with Crippen LogP contribution in [0.1, 0.15) is 38.3 Å². The van der Waals surface area contributed by atoms with Gasteiger partial charge in [0.15, 0.2) is 9.84 Å². The molecule has 1 aromatic rings. The summed E-state index contributed by atoms with van der Waals surface area (Å²) >= 11 is 0. The van der Waals surface area contributed by atoms with Gasteiger partial charge in [0.1, 0.15) is 0 Å². The maximum absolute atomic E-state index is 11.9. The lowest BCUT2D eigenvalue weighted by Gasteiger charge is -2.32. The molecule has 4 nitrogen and oxygen atoms in total. The second-order valence-electron chi connectivity index (χ2n) is 5.82. The summed E-state index contributed by atoms with van der Waals surface area (Å²) in [5, 5.41) is 9.53. The van der Waals surface area contributed by atoms with Gasteiger partial charge in [0.25, 0.3) is 0 Å². The van der Waals surface area contributed by atoms with Gasteiger partial charge in [-0.15, -0.1) is 0 Å². The Morgan fingerprint density at radius 1 is 1.19 bits per heavy atom. The molecule has 1 aromatic carbocycles. The van der Waals surface area contributed by atoms with Crippen LogP contribution in [0, 0.1) is 5.92 Å². The maximum Gasteiger partial charge on any atom is 0.178 e. The van der Waals surface area contributed by atoms with Crippen molar-refractivity contribution < 1.29 is 13.5 Å². The minimum absolute atomic E-state index is 0.120. The molecule has 2 rings (SSSR count). The van der Waals surface area contributed by atoms with E-state index in [-0.39, 0.29) is 24.3 Å².